The summed E-state index contributed by atoms with van der Waals surface area (Å²) in [5.74, 6) is -0.712. The summed E-state index contributed by atoms with van der Waals surface area (Å²) in [6, 6.07) is 0. The van der Waals surface area contributed by atoms with E-state index in [0.717, 1.165) is 19.3 Å². The van der Waals surface area contributed by atoms with Gasteiger partial charge in [-0.25, -0.2) is 8.42 Å². The summed E-state index contributed by atoms with van der Waals surface area (Å²) in [5.41, 5.74) is 4.18. The molecular weight excluding hydrogens is 466 g/mol. The quantitative estimate of drug-likeness (QED) is 0.103. The summed E-state index contributed by atoms with van der Waals surface area (Å²) in [6.45, 7) is 14.7. The first-order valence-corrected chi connectivity index (χ1v) is 13.2. The van der Waals surface area contributed by atoms with E-state index < -0.39 is 16.0 Å². The van der Waals surface area contributed by atoms with Crippen LogP contribution in [0.2, 0.25) is 0 Å². The average molecular weight is 504 g/mol. The number of hydroxylamine groups is 1. The molecule has 0 radical (unpaired) electrons. The van der Waals surface area contributed by atoms with Gasteiger partial charge in [-0.2, -0.15) is 5.48 Å². The molecule has 192 valence electrons. The minimum atomic E-state index is -3.38. The van der Waals surface area contributed by atoms with Gasteiger partial charge < -0.3 is 15.4 Å². The zero-order chi connectivity index (χ0) is 26.4. The molecule has 1 unspecified atom stereocenters. The van der Waals surface area contributed by atoms with Gasteiger partial charge >= 0.3 is 0 Å². The van der Waals surface area contributed by atoms with Crippen molar-refractivity contribution >= 4 is 21.7 Å². The van der Waals surface area contributed by atoms with Gasteiger partial charge in [0.25, 0.3) is 5.91 Å². The highest BCUT2D eigenvalue weighted by atomic mass is 32.2. The molecule has 0 saturated heterocycles. The van der Waals surface area contributed by atoms with Crippen molar-refractivity contribution in [3.05, 3.63) is 84.0 Å². The van der Waals surface area contributed by atoms with E-state index in [1.807, 2.05) is 6.92 Å². The lowest BCUT2D eigenvalue weighted by Crippen LogP contribution is -2.48. The summed E-state index contributed by atoms with van der Waals surface area (Å²) < 4.78 is 23.4. The Labute approximate surface area is 209 Å². The van der Waals surface area contributed by atoms with E-state index in [4.69, 9.17) is 0 Å². The van der Waals surface area contributed by atoms with Crippen LogP contribution in [0.4, 0.5) is 0 Å². The lowest BCUT2D eigenvalue weighted by molar-refractivity contribution is -0.132. The van der Waals surface area contributed by atoms with Crippen LogP contribution in [0.25, 0.3) is 0 Å². The number of hydrogen-bond donors (Lipinski definition) is 3. The third-order valence-electron chi connectivity index (χ3n) is 5.47. The van der Waals surface area contributed by atoms with Crippen LogP contribution in [0.3, 0.4) is 0 Å². The number of nitrogens with one attached hydrogen (secondary N) is 2. The minimum absolute atomic E-state index is 0.0343. The molecule has 0 aliphatic heterocycles. The highest BCUT2D eigenvalue weighted by Gasteiger charge is 2.24. The van der Waals surface area contributed by atoms with Gasteiger partial charge in [-0.3, -0.25) is 9.59 Å². The zero-order valence-electron chi connectivity index (χ0n) is 20.6. The molecule has 0 aromatic carbocycles. The molecule has 1 rings (SSSR count). The number of rotatable bonds is 15. The molecule has 0 bridgehead atoms. The number of carbonyl (C=O) groups excluding carboxylic acids is 2. The molecule has 0 spiro atoms. The lowest BCUT2D eigenvalue weighted by atomic mass is 10.1. The Balaban J connectivity index is 2.70. The van der Waals surface area contributed by atoms with E-state index in [9.17, 15) is 23.2 Å². The maximum atomic E-state index is 13.0. The Morgan fingerprint density at radius 2 is 1.97 bits per heavy atom. The molecule has 0 aromatic heterocycles. The monoisotopic (exact) mass is 503 g/mol. The number of sulfone groups is 1. The number of amides is 2. The standard InChI is InChI=1S/C26H37N3O5S/c1-6-23(26(31)29(7-2)24(28-32)19-22-12-9-10-13-22)14-11-17-27-25(30)18-20(4)15-16-21(5)35(33,34)8-3/h6,11-12,14-17,24,28,32H,1,4-5,7-10,13,18-19H2,2-3H3,(H,27,30)/b16-15-,17-11+,23-14+. The number of carbonyl (C=O) groups is 2. The van der Waals surface area contributed by atoms with Crippen LogP contribution in [0.15, 0.2) is 84.0 Å². The van der Waals surface area contributed by atoms with Gasteiger partial charge in [0.15, 0.2) is 9.84 Å². The first kappa shape index (κ1) is 30.0. The second kappa shape index (κ2) is 15.1. The van der Waals surface area contributed by atoms with Crippen molar-refractivity contribution in [3.63, 3.8) is 0 Å². The van der Waals surface area contributed by atoms with Gasteiger partial charge in [-0.05, 0) is 50.0 Å². The van der Waals surface area contributed by atoms with Gasteiger partial charge in [-0.1, -0.05) is 50.5 Å². The smallest absolute Gasteiger partial charge is 0.255 e. The van der Waals surface area contributed by atoms with Crippen molar-refractivity contribution < 1.29 is 23.2 Å². The first-order chi connectivity index (χ1) is 16.6. The van der Waals surface area contributed by atoms with Gasteiger partial charge in [0.2, 0.25) is 5.91 Å². The molecule has 9 heteroatoms. The largest absolute Gasteiger partial charge is 0.332 e. The Hall–Kier alpha value is -3.01. The highest BCUT2D eigenvalue weighted by molar-refractivity contribution is 7.95. The molecule has 2 amide bonds. The highest BCUT2D eigenvalue weighted by Crippen LogP contribution is 2.23. The number of likely N-dealkylation sites (N-methyl/N-ethyl adjacent to an activating group) is 1. The molecule has 0 aromatic rings. The van der Waals surface area contributed by atoms with Crippen molar-refractivity contribution in [2.75, 3.05) is 12.3 Å². The van der Waals surface area contributed by atoms with Crippen LogP contribution in [0.1, 0.15) is 46.0 Å². The molecule has 8 nitrogen and oxygen atoms in total. The molecule has 3 N–H and O–H groups in total. The Morgan fingerprint density at radius 3 is 2.51 bits per heavy atom. The van der Waals surface area contributed by atoms with Crippen molar-refractivity contribution in [3.8, 4) is 0 Å². The normalized spacial score (nSPS) is 15.2. The van der Waals surface area contributed by atoms with E-state index in [-0.39, 0.29) is 28.9 Å². The van der Waals surface area contributed by atoms with E-state index in [1.165, 1.54) is 54.0 Å². The van der Waals surface area contributed by atoms with Crippen molar-refractivity contribution in [1.29, 1.82) is 0 Å². The summed E-state index contributed by atoms with van der Waals surface area (Å²) in [7, 11) is -3.38. The second-order valence-corrected chi connectivity index (χ2v) is 10.3. The van der Waals surface area contributed by atoms with Crippen LogP contribution >= 0.6 is 0 Å². The topological polar surface area (TPSA) is 116 Å². The fraction of sp³-hybridized carbons (Fsp3) is 0.385. The van der Waals surface area contributed by atoms with Gasteiger partial charge in [0, 0.05) is 24.7 Å². The minimum Gasteiger partial charge on any atom is -0.332 e. The SMILES string of the molecule is C=C/C(=C\C=C\NC(=O)CC(=C)/C=C\C(=C)S(=O)(=O)CC)C(=O)N(CC)C(CC1=CCCC1)NO. The molecule has 0 heterocycles. The average Bonchev–Trinajstić information content (AvgIpc) is 3.35. The fourth-order valence-corrected chi connectivity index (χ4v) is 4.05. The maximum absolute atomic E-state index is 13.0. The number of allylic oxidation sites excluding steroid dienone is 5. The summed E-state index contributed by atoms with van der Waals surface area (Å²) >= 11 is 0. The maximum Gasteiger partial charge on any atom is 0.255 e. The summed E-state index contributed by atoms with van der Waals surface area (Å²) in [4.78, 5) is 26.6. The van der Waals surface area contributed by atoms with Crippen molar-refractivity contribution in [2.45, 2.75) is 52.1 Å². The van der Waals surface area contributed by atoms with Crippen LogP contribution in [-0.2, 0) is 19.4 Å². The Kier molecular flexibility index (Phi) is 12.9. The van der Waals surface area contributed by atoms with Crippen LogP contribution in [-0.4, -0.2) is 48.8 Å². The molecule has 1 aliphatic rings. The van der Waals surface area contributed by atoms with Crippen LogP contribution in [0, 0.1) is 0 Å². The zero-order valence-corrected chi connectivity index (χ0v) is 21.4. The van der Waals surface area contributed by atoms with Crippen LogP contribution < -0.4 is 10.8 Å². The van der Waals surface area contributed by atoms with E-state index in [0.29, 0.717) is 24.1 Å². The van der Waals surface area contributed by atoms with Crippen LogP contribution in [0.5, 0.6) is 0 Å². The number of nitrogens with zero attached hydrogens (tertiary/aromatic N) is 1. The van der Waals surface area contributed by atoms with E-state index in [1.54, 1.807) is 0 Å². The van der Waals surface area contributed by atoms with E-state index in [2.05, 4.69) is 36.6 Å². The molecule has 0 saturated carbocycles. The summed E-state index contributed by atoms with van der Waals surface area (Å²) in [5, 5.41) is 12.2. The van der Waals surface area contributed by atoms with Gasteiger partial charge in [0.1, 0.15) is 6.17 Å². The molecule has 0 fully saturated rings. The summed E-state index contributed by atoms with van der Waals surface area (Å²) in [6.07, 6.45) is 13.8. The van der Waals surface area contributed by atoms with Crippen molar-refractivity contribution in [2.24, 2.45) is 0 Å². The molecule has 1 aliphatic carbocycles. The van der Waals surface area contributed by atoms with Crippen molar-refractivity contribution in [1.82, 2.24) is 15.7 Å². The third kappa shape index (κ3) is 10.0. The predicted octanol–water partition coefficient (Wildman–Crippen LogP) is 3.83. The molecular formula is C26H37N3O5S. The Bertz CT molecular complexity index is 1040. The van der Waals surface area contributed by atoms with E-state index >= 15 is 0 Å². The first-order valence-electron chi connectivity index (χ1n) is 11.5. The predicted molar refractivity (Wildman–Crippen MR) is 140 cm³/mol. The Morgan fingerprint density at radius 1 is 1.26 bits per heavy atom. The third-order valence-corrected chi connectivity index (χ3v) is 7.17. The molecule has 1 atom stereocenters. The molecule has 35 heavy (non-hydrogen) atoms. The second-order valence-electron chi connectivity index (χ2n) is 7.99. The number of hydrogen-bond acceptors (Lipinski definition) is 6. The fourth-order valence-electron chi connectivity index (χ4n) is 3.40. The van der Waals surface area contributed by atoms with Gasteiger partial charge in [-0.15, -0.1) is 0 Å². The lowest BCUT2D eigenvalue weighted by Gasteiger charge is -2.30. The van der Waals surface area contributed by atoms with Gasteiger partial charge in [0.05, 0.1) is 17.1 Å².